The standard InChI is InChI=1S/C16H11NO2S/c1-20-15-13-10-7-3-5-8-4-2-6-9(11(8)10)12(13)14(17-15)16(18)19/h2-7,17H,1H3,(H,18,19). The van der Waals surface area contributed by atoms with E-state index in [1.807, 2.05) is 24.5 Å². The van der Waals surface area contributed by atoms with Crippen LogP contribution in [0.2, 0.25) is 0 Å². The first-order valence-electron chi connectivity index (χ1n) is 6.28. The zero-order valence-corrected chi connectivity index (χ0v) is 11.5. The molecule has 4 rings (SSSR count). The average Bonchev–Trinajstić information content (AvgIpc) is 2.98. The van der Waals surface area contributed by atoms with Gasteiger partial charge in [-0.15, -0.1) is 11.8 Å². The van der Waals surface area contributed by atoms with Crippen LogP contribution in [0.4, 0.5) is 0 Å². The number of aromatic nitrogens is 1. The quantitative estimate of drug-likeness (QED) is 0.540. The number of benzene rings is 2. The Kier molecular flexibility index (Phi) is 2.26. The Balaban J connectivity index is 2.22. The van der Waals surface area contributed by atoms with Gasteiger partial charge in [-0.3, -0.25) is 0 Å². The fourth-order valence-electron chi connectivity index (χ4n) is 3.07. The molecule has 0 radical (unpaired) electrons. The lowest BCUT2D eigenvalue weighted by Gasteiger charge is -2.03. The third-order valence-electron chi connectivity index (χ3n) is 3.83. The molecule has 0 saturated carbocycles. The van der Waals surface area contributed by atoms with E-state index >= 15 is 0 Å². The van der Waals surface area contributed by atoms with E-state index in [0.717, 1.165) is 38.1 Å². The van der Waals surface area contributed by atoms with Gasteiger partial charge >= 0.3 is 5.97 Å². The van der Waals surface area contributed by atoms with Crippen molar-refractivity contribution in [2.75, 3.05) is 6.26 Å². The van der Waals surface area contributed by atoms with Crippen LogP contribution < -0.4 is 0 Å². The van der Waals surface area contributed by atoms with Crippen molar-refractivity contribution >= 4 is 28.5 Å². The molecule has 4 heteroatoms. The molecule has 1 aliphatic rings. The number of H-pyrrole nitrogens is 1. The molecule has 0 unspecified atom stereocenters. The molecule has 0 saturated heterocycles. The molecule has 1 aromatic heterocycles. The maximum atomic E-state index is 11.5. The van der Waals surface area contributed by atoms with Crippen LogP contribution in [0.1, 0.15) is 10.5 Å². The van der Waals surface area contributed by atoms with Gasteiger partial charge in [-0.25, -0.2) is 4.79 Å². The van der Waals surface area contributed by atoms with Gasteiger partial charge in [0, 0.05) is 11.1 Å². The number of fused-ring (bicyclic) bond motifs is 3. The van der Waals surface area contributed by atoms with E-state index in [1.165, 1.54) is 0 Å². The van der Waals surface area contributed by atoms with Crippen molar-refractivity contribution < 1.29 is 9.90 Å². The van der Waals surface area contributed by atoms with Crippen molar-refractivity contribution in [3.8, 4) is 22.3 Å². The summed E-state index contributed by atoms with van der Waals surface area (Å²) in [5, 5.41) is 12.7. The molecule has 3 nitrogen and oxygen atoms in total. The second kappa shape index (κ2) is 3.90. The lowest BCUT2D eigenvalue weighted by Crippen LogP contribution is -1.98. The van der Waals surface area contributed by atoms with Crippen LogP contribution in [0.5, 0.6) is 0 Å². The van der Waals surface area contributed by atoms with Crippen LogP contribution >= 0.6 is 11.8 Å². The van der Waals surface area contributed by atoms with Crippen LogP contribution in [0.3, 0.4) is 0 Å². The van der Waals surface area contributed by atoms with E-state index in [2.05, 4.69) is 23.2 Å². The predicted octanol–water partition coefficient (Wildman–Crippen LogP) is 4.24. The van der Waals surface area contributed by atoms with Crippen molar-refractivity contribution in [1.82, 2.24) is 4.98 Å². The molecule has 1 aliphatic carbocycles. The Hall–Kier alpha value is -2.20. The van der Waals surface area contributed by atoms with Gasteiger partial charge in [0.2, 0.25) is 0 Å². The predicted molar refractivity (Wildman–Crippen MR) is 81.5 cm³/mol. The van der Waals surface area contributed by atoms with Crippen LogP contribution in [0.15, 0.2) is 41.4 Å². The van der Waals surface area contributed by atoms with Crippen molar-refractivity contribution in [3.63, 3.8) is 0 Å². The van der Waals surface area contributed by atoms with Crippen molar-refractivity contribution in [3.05, 3.63) is 42.1 Å². The van der Waals surface area contributed by atoms with Gasteiger partial charge in [-0.05, 0) is 28.2 Å². The van der Waals surface area contributed by atoms with Gasteiger partial charge < -0.3 is 10.1 Å². The van der Waals surface area contributed by atoms with E-state index in [-0.39, 0.29) is 5.69 Å². The SMILES string of the molecule is CSc1[nH]c(C(=O)O)c2c1-c1cccc3cccc-2c13. The Morgan fingerprint density at radius 2 is 1.75 bits per heavy atom. The minimum absolute atomic E-state index is 0.285. The molecule has 2 aromatic carbocycles. The molecule has 1 heterocycles. The Labute approximate surface area is 119 Å². The Morgan fingerprint density at radius 3 is 2.35 bits per heavy atom. The fourth-order valence-corrected chi connectivity index (χ4v) is 3.69. The second-order valence-electron chi connectivity index (χ2n) is 4.80. The minimum atomic E-state index is -0.911. The molecule has 2 N–H and O–H groups in total. The highest BCUT2D eigenvalue weighted by atomic mass is 32.2. The number of hydrogen-bond donors (Lipinski definition) is 2. The van der Waals surface area contributed by atoms with E-state index in [0.29, 0.717) is 0 Å². The van der Waals surface area contributed by atoms with E-state index in [4.69, 9.17) is 0 Å². The number of carboxylic acids is 1. The first-order chi connectivity index (χ1) is 9.72. The zero-order chi connectivity index (χ0) is 13.9. The maximum Gasteiger partial charge on any atom is 0.353 e. The molecule has 0 atom stereocenters. The van der Waals surface area contributed by atoms with Crippen molar-refractivity contribution in [2.45, 2.75) is 5.03 Å². The zero-order valence-electron chi connectivity index (χ0n) is 10.7. The van der Waals surface area contributed by atoms with Gasteiger partial charge in [-0.1, -0.05) is 36.4 Å². The third kappa shape index (κ3) is 1.29. The van der Waals surface area contributed by atoms with E-state index < -0.39 is 5.97 Å². The first-order valence-corrected chi connectivity index (χ1v) is 7.50. The van der Waals surface area contributed by atoms with Crippen LogP contribution in [-0.4, -0.2) is 22.3 Å². The normalized spacial score (nSPS) is 11.8. The number of carbonyl (C=O) groups is 1. The Bertz CT molecular complexity index is 874. The number of nitrogens with one attached hydrogen (secondary N) is 1. The molecule has 3 aromatic rings. The topological polar surface area (TPSA) is 53.1 Å². The smallest absolute Gasteiger partial charge is 0.353 e. The summed E-state index contributed by atoms with van der Waals surface area (Å²) in [4.78, 5) is 14.6. The minimum Gasteiger partial charge on any atom is -0.477 e. The van der Waals surface area contributed by atoms with Gasteiger partial charge in [0.15, 0.2) is 0 Å². The monoisotopic (exact) mass is 281 g/mol. The Morgan fingerprint density at radius 1 is 1.10 bits per heavy atom. The molecule has 20 heavy (non-hydrogen) atoms. The summed E-state index contributed by atoms with van der Waals surface area (Å²) in [7, 11) is 0. The highest BCUT2D eigenvalue weighted by Gasteiger charge is 2.30. The van der Waals surface area contributed by atoms with Gasteiger partial charge in [0.1, 0.15) is 5.69 Å². The second-order valence-corrected chi connectivity index (χ2v) is 5.61. The summed E-state index contributed by atoms with van der Waals surface area (Å²) in [6, 6.07) is 12.2. The molecule has 0 spiro atoms. The molecule has 0 bridgehead atoms. The van der Waals surface area contributed by atoms with E-state index in [1.54, 1.807) is 11.8 Å². The molecule has 0 amide bonds. The fraction of sp³-hybridized carbons (Fsp3) is 0.0625. The highest BCUT2D eigenvalue weighted by Crippen LogP contribution is 2.52. The van der Waals surface area contributed by atoms with Crippen molar-refractivity contribution in [2.24, 2.45) is 0 Å². The molecule has 0 aliphatic heterocycles. The van der Waals surface area contributed by atoms with Crippen molar-refractivity contribution in [1.29, 1.82) is 0 Å². The number of aromatic carboxylic acids is 1. The van der Waals surface area contributed by atoms with Crippen LogP contribution in [0.25, 0.3) is 33.0 Å². The van der Waals surface area contributed by atoms with Crippen LogP contribution in [0, 0.1) is 0 Å². The number of thioether (sulfide) groups is 1. The summed E-state index contributed by atoms with van der Waals surface area (Å²) < 4.78 is 0. The van der Waals surface area contributed by atoms with Crippen LogP contribution in [-0.2, 0) is 0 Å². The summed E-state index contributed by atoms with van der Waals surface area (Å²) >= 11 is 1.55. The van der Waals surface area contributed by atoms with Gasteiger partial charge in [0.05, 0.1) is 5.03 Å². The van der Waals surface area contributed by atoms with Gasteiger partial charge in [0.25, 0.3) is 0 Å². The first kappa shape index (κ1) is 11.6. The third-order valence-corrected chi connectivity index (χ3v) is 4.54. The summed E-state index contributed by atoms with van der Waals surface area (Å²) in [5.41, 5.74) is 4.28. The summed E-state index contributed by atoms with van der Waals surface area (Å²) in [5.74, 6) is -0.911. The number of carboxylic acid groups (broad SMARTS) is 1. The summed E-state index contributed by atoms with van der Waals surface area (Å²) in [6.07, 6.45) is 1.96. The molecular weight excluding hydrogens is 270 g/mol. The number of aromatic amines is 1. The van der Waals surface area contributed by atoms with Gasteiger partial charge in [-0.2, -0.15) is 0 Å². The maximum absolute atomic E-state index is 11.5. The highest BCUT2D eigenvalue weighted by molar-refractivity contribution is 7.98. The largest absolute Gasteiger partial charge is 0.477 e. The number of rotatable bonds is 2. The molecular formula is C16H11NO2S. The number of hydrogen-bond acceptors (Lipinski definition) is 2. The van der Waals surface area contributed by atoms with E-state index in [9.17, 15) is 9.90 Å². The lowest BCUT2D eigenvalue weighted by atomic mass is 10.0. The lowest BCUT2D eigenvalue weighted by molar-refractivity contribution is 0.0691. The summed E-state index contributed by atoms with van der Waals surface area (Å²) in [6.45, 7) is 0. The average molecular weight is 281 g/mol. The molecule has 0 fully saturated rings. The molecule has 98 valence electrons.